The maximum Gasteiger partial charge on any atom is 0.328 e. The summed E-state index contributed by atoms with van der Waals surface area (Å²) in [5.41, 5.74) is 0. The Morgan fingerprint density at radius 3 is 2.59 bits per heavy atom. The molecule has 0 unspecified atom stereocenters. The molecule has 0 spiro atoms. The molecule has 0 saturated heterocycles. The van der Waals surface area contributed by atoms with Gasteiger partial charge in [-0.3, -0.25) is 4.79 Å². The van der Waals surface area contributed by atoms with E-state index in [9.17, 15) is 9.59 Å². The summed E-state index contributed by atoms with van der Waals surface area (Å²) in [5.74, 6) is 0.603. The van der Waals surface area contributed by atoms with E-state index in [1.54, 1.807) is 11.8 Å². The average molecular weight is 259 g/mol. The second kappa shape index (κ2) is 7.58. The van der Waals surface area contributed by atoms with Crippen molar-refractivity contribution in [2.24, 2.45) is 5.92 Å². The van der Waals surface area contributed by atoms with Gasteiger partial charge in [0.05, 0.1) is 7.11 Å². The molecule has 0 aromatic carbocycles. The molecule has 0 bridgehead atoms. The molecule has 0 heterocycles. The summed E-state index contributed by atoms with van der Waals surface area (Å²) >= 11 is 1.66. The Morgan fingerprint density at radius 2 is 2.06 bits per heavy atom. The van der Waals surface area contributed by atoms with Crippen LogP contribution in [0.1, 0.15) is 32.1 Å². The number of carbonyl (C=O) groups excluding carboxylic acids is 2. The summed E-state index contributed by atoms with van der Waals surface area (Å²) < 4.78 is 4.71. The van der Waals surface area contributed by atoms with Crippen molar-refractivity contribution in [1.29, 1.82) is 0 Å². The molecular weight excluding hydrogens is 238 g/mol. The minimum Gasteiger partial charge on any atom is -0.467 e. The lowest BCUT2D eigenvalue weighted by atomic mass is 10.1. The molecule has 1 atom stereocenters. The standard InChI is InChI=1S/C12H21NO3S/c1-16-12(15)10(7-8-17-2)13-11(14)9-5-3-4-6-9/h9-10H,3-8H2,1-2H3,(H,13,14)/t10-/m0/s1. The summed E-state index contributed by atoms with van der Waals surface area (Å²) in [6.45, 7) is 0. The molecule has 0 aromatic heterocycles. The minimum atomic E-state index is -0.486. The van der Waals surface area contributed by atoms with Crippen molar-refractivity contribution in [3.63, 3.8) is 0 Å². The fraction of sp³-hybridized carbons (Fsp3) is 0.833. The van der Waals surface area contributed by atoms with Crippen LogP contribution in [0.5, 0.6) is 0 Å². The van der Waals surface area contributed by atoms with E-state index in [2.05, 4.69) is 5.32 Å². The van der Waals surface area contributed by atoms with Gasteiger partial charge in [-0.25, -0.2) is 4.79 Å². The van der Waals surface area contributed by atoms with E-state index < -0.39 is 6.04 Å². The minimum absolute atomic E-state index is 0.0130. The van der Waals surface area contributed by atoms with Gasteiger partial charge in [0.1, 0.15) is 6.04 Å². The number of hydrogen-bond donors (Lipinski definition) is 1. The first-order valence-electron chi connectivity index (χ1n) is 6.06. The number of methoxy groups -OCH3 is 1. The van der Waals surface area contributed by atoms with Crippen LogP contribution in [-0.2, 0) is 14.3 Å². The number of esters is 1. The third-order valence-electron chi connectivity index (χ3n) is 3.14. The molecule has 1 amide bonds. The third kappa shape index (κ3) is 4.58. The first-order chi connectivity index (χ1) is 8.19. The maximum atomic E-state index is 11.9. The van der Waals surface area contributed by atoms with E-state index in [0.29, 0.717) is 6.42 Å². The van der Waals surface area contributed by atoms with E-state index in [-0.39, 0.29) is 17.8 Å². The fourth-order valence-corrected chi connectivity index (χ4v) is 2.58. The lowest BCUT2D eigenvalue weighted by Crippen LogP contribution is -2.44. The summed E-state index contributed by atoms with van der Waals surface area (Å²) in [4.78, 5) is 23.4. The van der Waals surface area contributed by atoms with Gasteiger partial charge in [0.15, 0.2) is 0 Å². The second-order valence-electron chi connectivity index (χ2n) is 4.35. The number of thioether (sulfide) groups is 1. The zero-order chi connectivity index (χ0) is 12.7. The van der Waals surface area contributed by atoms with Crippen molar-refractivity contribution >= 4 is 23.6 Å². The maximum absolute atomic E-state index is 11.9. The number of carbonyl (C=O) groups is 2. The van der Waals surface area contributed by atoms with E-state index in [1.165, 1.54) is 7.11 Å². The summed E-state index contributed by atoms with van der Waals surface area (Å²) in [7, 11) is 1.36. The number of amides is 1. The molecule has 0 radical (unpaired) electrons. The zero-order valence-corrected chi connectivity index (χ0v) is 11.3. The highest BCUT2D eigenvalue weighted by Gasteiger charge is 2.27. The Morgan fingerprint density at radius 1 is 1.41 bits per heavy atom. The van der Waals surface area contributed by atoms with Crippen LogP contribution >= 0.6 is 11.8 Å². The highest BCUT2D eigenvalue weighted by atomic mass is 32.2. The van der Waals surface area contributed by atoms with Crippen molar-refractivity contribution in [2.45, 2.75) is 38.1 Å². The molecule has 1 fully saturated rings. The average Bonchev–Trinajstić information content (AvgIpc) is 2.87. The first kappa shape index (κ1) is 14.4. The van der Waals surface area contributed by atoms with Gasteiger partial charge in [-0.1, -0.05) is 12.8 Å². The summed E-state index contributed by atoms with van der Waals surface area (Å²) in [5, 5.41) is 2.82. The summed E-state index contributed by atoms with van der Waals surface area (Å²) in [6, 6.07) is -0.486. The zero-order valence-electron chi connectivity index (χ0n) is 10.5. The third-order valence-corrected chi connectivity index (χ3v) is 3.78. The smallest absolute Gasteiger partial charge is 0.328 e. The van der Waals surface area contributed by atoms with Crippen LogP contribution in [0.2, 0.25) is 0 Å². The van der Waals surface area contributed by atoms with Crippen molar-refractivity contribution in [2.75, 3.05) is 19.1 Å². The molecule has 1 rings (SSSR count). The van der Waals surface area contributed by atoms with E-state index in [0.717, 1.165) is 31.4 Å². The number of ether oxygens (including phenoxy) is 1. The van der Waals surface area contributed by atoms with E-state index in [4.69, 9.17) is 4.74 Å². The quantitative estimate of drug-likeness (QED) is 0.736. The van der Waals surface area contributed by atoms with Crippen LogP contribution in [0.25, 0.3) is 0 Å². The van der Waals surface area contributed by atoms with Gasteiger partial charge in [-0.05, 0) is 31.3 Å². The van der Waals surface area contributed by atoms with Crippen LogP contribution in [0, 0.1) is 5.92 Å². The molecule has 0 aliphatic heterocycles. The molecule has 1 aliphatic rings. The first-order valence-corrected chi connectivity index (χ1v) is 7.45. The van der Waals surface area contributed by atoms with E-state index >= 15 is 0 Å². The molecule has 1 aliphatic carbocycles. The van der Waals surface area contributed by atoms with Gasteiger partial charge in [0, 0.05) is 5.92 Å². The van der Waals surface area contributed by atoms with E-state index in [1.807, 2.05) is 6.26 Å². The predicted octanol–water partition coefficient (Wildman–Crippen LogP) is 1.59. The van der Waals surface area contributed by atoms with Crippen LogP contribution in [-0.4, -0.2) is 37.0 Å². The lowest BCUT2D eigenvalue weighted by molar-refractivity contribution is -0.145. The van der Waals surface area contributed by atoms with Gasteiger partial charge in [0.2, 0.25) is 5.91 Å². The van der Waals surface area contributed by atoms with Crippen LogP contribution in [0.3, 0.4) is 0 Å². The topological polar surface area (TPSA) is 55.4 Å². The normalized spacial score (nSPS) is 17.8. The highest BCUT2D eigenvalue weighted by molar-refractivity contribution is 7.98. The Kier molecular flexibility index (Phi) is 6.40. The monoisotopic (exact) mass is 259 g/mol. The van der Waals surface area contributed by atoms with Crippen molar-refractivity contribution in [3.05, 3.63) is 0 Å². The predicted molar refractivity (Wildman–Crippen MR) is 68.9 cm³/mol. The Balaban J connectivity index is 2.46. The molecule has 17 heavy (non-hydrogen) atoms. The molecule has 5 heteroatoms. The Bertz CT molecular complexity index is 264. The van der Waals surface area contributed by atoms with Crippen LogP contribution < -0.4 is 5.32 Å². The largest absolute Gasteiger partial charge is 0.467 e. The Hall–Kier alpha value is -0.710. The molecule has 4 nitrogen and oxygen atoms in total. The van der Waals surface area contributed by atoms with Gasteiger partial charge < -0.3 is 10.1 Å². The number of hydrogen-bond acceptors (Lipinski definition) is 4. The molecule has 1 saturated carbocycles. The van der Waals surface area contributed by atoms with Gasteiger partial charge in [-0.2, -0.15) is 11.8 Å². The second-order valence-corrected chi connectivity index (χ2v) is 5.33. The lowest BCUT2D eigenvalue weighted by Gasteiger charge is -2.18. The molecule has 0 aromatic rings. The SMILES string of the molecule is COC(=O)[C@H](CCSC)NC(=O)C1CCCC1. The number of nitrogens with one attached hydrogen (secondary N) is 1. The van der Waals surface area contributed by atoms with Crippen LogP contribution in [0.4, 0.5) is 0 Å². The molecule has 1 N–H and O–H groups in total. The van der Waals surface area contributed by atoms with Crippen molar-refractivity contribution in [3.8, 4) is 0 Å². The highest BCUT2D eigenvalue weighted by Crippen LogP contribution is 2.24. The van der Waals surface area contributed by atoms with Crippen molar-refractivity contribution < 1.29 is 14.3 Å². The number of rotatable bonds is 6. The van der Waals surface area contributed by atoms with Gasteiger partial charge in [-0.15, -0.1) is 0 Å². The summed E-state index contributed by atoms with van der Waals surface area (Å²) in [6.07, 6.45) is 6.74. The Labute approximate surface area is 107 Å². The van der Waals surface area contributed by atoms with Gasteiger partial charge in [0.25, 0.3) is 0 Å². The van der Waals surface area contributed by atoms with Crippen molar-refractivity contribution in [1.82, 2.24) is 5.32 Å². The van der Waals surface area contributed by atoms with Crippen LogP contribution in [0.15, 0.2) is 0 Å². The molecule has 98 valence electrons. The van der Waals surface area contributed by atoms with Gasteiger partial charge >= 0.3 is 5.97 Å². The molecular formula is C12H21NO3S. The fourth-order valence-electron chi connectivity index (χ4n) is 2.10.